The molecule has 0 atom stereocenters. The van der Waals surface area contributed by atoms with Gasteiger partial charge in [0.1, 0.15) is 5.71 Å². The van der Waals surface area contributed by atoms with Crippen LogP contribution in [0.3, 0.4) is 0 Å². The molecule has 32 heavy (non-hydrogen) atoms. The van der Waals surface area contributed by atoms with Crippen LogP contribution >= 0.6 is 0 Å². The Balaban J connectivity index is 2.04. The number of nitrogens with zero attached hydrogens (tertiary/aromatic N) is 4. The molecule has 0 spiro atoms. The van der Waals surface area contributed by atoms with Crippen LogP contribution in [-0.4, -0.2) is 20.5 Å². The second-order valence-electron chi connectivity index (χ2n) is 7.29. The van der Waals surface area contributed by atoms with E-state index in [4.69, 9.17) is 0 Å². The van der Waals surface area contributed by atoms with Crippen LogP contribution in [0.15, 0.2) is 64.4 Å². The van der Waals surface area contributed by atoms with Crippen molar-refractivity contribution in [3.8, 4) is 0 Å². The van der Waals surface area contributed by atoms with E-state index < -0.39 is 26.2 Å². The van der Waals surface area contributed by atoms with Crippen LogP contribution in [0.4, 0.5) is 11.4 Å². The van der Waals surface area contributed by atoms with E-state index in [1.54, 1.807) is 0 Å². The molecule has 0 aliphatic heterocycles. The Labute approximate surface area is 181 Å². The van der Waals surface area contributed by atoms with E-state index >= 15 is 0 Å². The van der Waals surface area contributed by atoms with Gasteiger partial charge in [-0.3, -0.25) is 30.3 Å². The number of allylic oxidation sites excluding steroid dienone is 3. The van der Waals surface area contributed by atoms with Crippen molar-refractivity contribution in [2.24, 2.45) is 4.99 Å². The summed E-state index contributed by atoms with van der Waals surface area (Å²) in [6.07, 6.45) is 3.03. The summed E-state index contributed by atoms with van der Waals surface area (Å²) in [6, 6.07) is 9.52. The van der Waals surface area contributed by atoms with E-state index in [0.29, 0.717) is 23.2 Å². The first-order valence-corrected chi connectivity index (χ1v) is 9.66. The van der Waals surface area contributed by atoms with Crippen LogP contribution in [0.1, 0.15) is 29.2 Å². The minimum atomic E-state index is -0.699. The number of nitro groups is 3. The second kappa shape index (κ2) is 7.65. The third-order valence-electron chi connectivity index (χ3n) is 5.43. The zero-order valence-corrected chi connectivity index (χ0v) is 17.1. The van der Waals surface area contributed by atoms with Gasteiger partial charge in [-0.05, 0) is 47.7 Å². The van der Waals surface area contributed by atoms with Crippen LogP contribution in [0, 0.1) is 37.3 Å². The number of aliphatic imine (C=N–C) groups is 1. The van der Waals surface area contributed by atoms with Gasteiger partial charge in [-0.2, -0.15) is 0 Å². The zero-order chi connectivity index (χ0) is 23.2. The predicted octanol–water partition coefficient (Wildman–Crippen LogP) is 4.80. The molecule has 2 aliphatic rings. The summed E-state index contributed by atoms with van der Waals surface area (Å²) >= 11 is 0. The van der Waals surface area contributed by atoms with Crippen molar-refractivity contribution in [2.75, 3.05) is 0 Å². The van der Waals surface area contributed by atoms with Gasteiger partial charge in [-0.1, -0.05) is 25.1 Å². The molecule has 2 aliphatic carbocycles. The molecule has 0 bridgehead atoms. The average molecular weight is 432 g/mol. The molecule has 0 radical (unpaired) electrons. The Morgan fingerprint density at radius 2 is 1.69 bits per heavy atom. The van der Waals surface area contributed by atoms with Gasteiger partial charge < -0.3 is 0 Å². The van der Waals surface area contributed by atoms with Crippen LogP contribution < -0.4 is 0 Å². The Morgan fingerprint density at radius 1 is 0.938 bits per heavy atom. The number of para-hydroxylation sites is 1. The number of fused-ring (bicyclic) bond motifs is 3. The third-order valence-corrected chi connectivity index (χ3v) is 5.43. The Hall–Kier alpha value is -4.47. The number of hydrogen-bond acceptors (Lipinski definition) is 7. The van der Waals surface area contributed by atoms with E-state index in [2.05, 4.69) is 4.99 Å². The van der Waals surface area contributed by atoms with E-state index in [9.17, 15) is 30.3 Å². The van der Waals surface area contributed by atoms with Gasteiger partial charge >= 0.3 is 5.70 Å². The summed E-state index contributed by atoms with van der Waals surface area (Å²) in [5.74, 6) is 0. The molecule has 160 valence electrons. The standard InChI is InChI=1S/C22H16N4O6/c1-3-13-6-4-5-12(2)21(13)23-22-17-10-14-9-15(24(27)28)7-8-16(14)20(17)18(25(29)30)11-19(22)26(31)32/h4-11H,3H2,1-2H3. The topological polar surface area (TPSA) is 142 Å². The molecule has 0 saturated carbocycles. The van der Waals surface area contributed by atoms with Crippen LogP contribution in [0.25, 0.3) is 11.6 Å². The van der Waals surface area contributed by atoms with E-state index in [1.807, 2.05) is 32.0 Å². The summed E-state index contributed by atoms with van der Waals surface area (Å²) in [7, 11) is 0. The lowest BCUT2D eigenvalue weighted by molar-refractivity contribution is -0.428. The quantitative estimate of drug-likeness (QED) is 0.491. The van der Waals surface area contributed by atoms with E-state index in [-0.39, 0.29) is 22.5 Å². The molecular formula is C22H16N4O6. The Bertz CT molecular complexity index is 1350. The van der Waals surface area contributed by atoms with Gasteiger partial charge in [0.25, 0.3) is 11.4 Å². The number of aryl methyl sites for hydroxylation is 2. The van der Waals surface area contributed by atoms with Crippen molar-refractivity contribution in [1.82, 2.24) is 0 Å². The van der Waals surface area contributed by atoms with Crippen molar-refractivity contribution in [1.29, 1.82) is 0 Å². The maximum Gasteiger partial charge on any atom is 0.302 e. The summed E-state index contributed by atoms with van der Waals surface area (Å²) in [5.41, 5.74) is 2.21. The van der Waals surface area contributed by atoms with Gasteiger partial charge in [0, 0.05) is 17.7 Å². The summed E-state index contributed by atoms with van der Waals surface area (Å²) < 4.78 is 0. The van der Waals surface area contributed by atoms with Crippen LogP contribution in [0.2, 0.25) is 0 Å². The van der Waals surface area contributed by atoms with Crippen molar-refractivity contribution < 1.29 is 14.8 Å². The molecule has 0 heterocycles. The summed E-state index contributed by atoms with van der Waals surface area (Å²) in [5, 5.41) is 34.8. The highest BCUT2D eigenvalue weighted by Gasteiger charge is 2.41. The molecule has 2 aromatic rings. The Kier molecular flexibility index (Phi) is 4.97. The molecule has 0 fully saturated rings. The van der Waals surface area contributed by atoms with Crippen molar-refractivity contribution >= 4 is 28.7 Å². The second-order valence-corrected chi connectivity index (χ2v) is 7.29. The molecular weight excluding hydrogens is 416 g/mol. The lowest BCUT2D eigenvalue weighted by atomic mass is 9.91. The first kappa shape index (κ1) is 20.8. The molecule has 0 N–H and O–H groups in total. The normalized spacial score (nSPS) is 15.8. The lowest BCUT2D eigenvalue weighted by Crippen LogP contribution is -2.20. The zero-order valence-electron chi connectivity index (χ0n) is 17.1. The first-order valence-electron chi connectivity index (χ1n) is 9.66. The monoisotopic (exact) mass is 432 g/mol. The number of nitro benzene ring substituents is 1. The minimum absolute atomic E-state index is 0.0153. The van der Waals surface area contributed by atoms with Gasteiger partial charge in [0.15, 0.2) is 0 Å². The SMILES string of the molecule is CCc1cccc(C)c1N=C1C2=Cc3cc([N+](=O)[O-])ccc3C2=C([N+](=O)[O-])C=C1[N+](=O)[O-]. The van der Waals surface area contributed by atoms with Gasteiger partial charge in [-0.15, -0.1) is 0 Å². The molecule has 0 unspecified atom stereocenters. The molecule has 0 amide bonds. The van der Waals surface area contributed by atoms with Crippen LogP contribution in [-0.2, 0) is 6.42 Å². The number of benzene rings is 2. The minimum Gasteiger partial charge on any atom is -0.258 e. The summed E-state index contributed by atoms with van der Waals surface area (Å²) in [6.45, 7) is 3.76. The highest BCUT2D eigenvalue weighted by atomic mass is 16.6. The molecule has 4 rings (SSSR count). The lowest BCUT2D eigenvalue weighted by Gasteiger charge is -2.15. The smallest absolute Gasteiger partial charge is 0.258 e. The average Bonchev–Trinajstić information content (AvgIpc) is 3.13. The highest BCUT2D eigenvalue weighted by molar-refractivity contribution is 6.28. The van der Waals surface area contributed by atoms with Crippen molar-refractivity contribution in [3.63, 3.8) is 0 Å². The molecule has 0 aromatic heterocycles. The molecule has 0 saturated heterocycles. The van der Waals surface area contributed by atoms with Crippen molar-refractivity contribution in [2.45, 2.75) is 20.3 Å². The van der Waals surface area contributed by atoms with Crippen LogP contribution in [0.5, 0.6) is 0 Å². The van der Waals surface area contributed by atoms with Gasteiger partial charge in [0.05, 0.1) is 32.1 Å². The maximum absolute atomic E-state index is 11.9. The maximum atomic E-state index is 11.9. The fourth-order valence-corrected chi connectivity index (χ4v) is 3.93. The fourth-order valence-electron chi connectivity index (χ4n) is 3.93. The highest BCUT2D eigenvalue weighted by Crippen LogP contribution is 2.44. The molecule has 10 heteroatoms. The largest absolute Gasteiger partial charge is 0.302 e. The fraction of sp³-hybridized carbons (Fsp3) is 0.136. The number of hydrogen-bond donors (Lipinski definition) is 0. The number of non-ortho nitro benzene ring substituents is 1. The van der Waals surface area contributed by atoms with Gasteiger partial charge in [-0.25, -0.2) is 4.99 Å². The Morgan fingerprint density at radius 3 is 2.31 bits per heavy atom. The number of rotatable bonds is 5. The van der Waals surface area contributed by atoms with Crippen molar-refractivity contribution in [3.05, 3.63) is 112 Å². The summed E-state index contributed by atoms with van der Waals surface area (Å²) in [4.78, 5) is 37.5. The molecule has 2 aromatic carbocycles. The third kappa shape index (κ3) is 3.27. The van der Waals surface area contributed by atoms with E-state index in [0.717, 1.165) is 17.2 Å². The molecule has 10 nitrogen and oxygen atoms in total. The predicted molar refractivity (Wildman–Crippen MR) is 118 cm³/mol. The van der Waals surface area contributed by atoms with Gasteiger partial charge in [0.2, 0.25) is 0 Å². The van der Waals surface area contributed by atoms with E-state index in [1.165, 1.54) is 24.3 Å². The first-order chi connectivity index (χ1) is 15.2.